The normalized spacial score (nSPS) is 10.1. The molecule has 0 spiro atoms. The van der Waals surface area contributed by atoms with Gasteiger partial charge in [0.2, 0.25) is 5.91 Å². The maximum Gasteiger partial charge on any atom is 0.223 e. The molecule has 1 aromatic rings. The topological polar surface area (TPSA) is 20.3 Å². The SMILES string of the molecule is CN(Cc1cccc(Cl)c1)C(=O)CCS. The number of halogens is 1. The van der Waals surface area contributed by atoms with Crippen molar-refractivity contribution in [2.45, 2.75) is 13.0 Å². The van der Waals surface area contributed by atoms with Crippen molar-refractivity contribution in [3.63, 3.8) is 0 Å². The van der Waals surface area contributed by atoms with Gasteiger partial charge in [0, 0.05) is 25.0 Å². The van der Waals surface area contributed by atoms with E-state index >= 15 is 0 Å². The summed E-state index contributed by atoms with van der Waals surface area (Å²) in [6.07, 6.45) is 0.472. The third kappa shape index (κ3) is 4.14. The molecule has 0 N–H and O–H groups in total. The lowest BCUT2D eigenvalue weighted by molar-refractivity contribution is -0.129. The molecule has 82 valence electrons. The quantitative estimate of drug-likeness (QED) is 0.807. The minimum Gasteiger partial charge on any atom is -0.341 e. The van der Waals surface area contributed by atoms with Gasteiger partial charge in [-0.1, -0.05) is 23.7 Å². The number of carbonyl (C=O) groups excluding carboxylic acids is 1. The molecule has 0 aliphatic rings. The van der Waals surface area contributed by atoms with Crippen LogP contribution in [0.1, 0.15) is 12.0 Å². The summed E-state index contributed by atoms with van der Waals surface area (Å²) in [4.78, 5) is 13.2. The summed E-state index contributed by atoms with van der Waals surface area (Å²) < 4.78 is 0. The van der Waals surface area contributed by atoms with Gasteiger partial charge in [0.25, 0.3) is 0 Å². The first-order valence-corrected chi connectivity index (χ1v) is 5.74. The molecule has 0 heterocycles. The molecule has 0 aromatic heterocycles. The number of rotatable bonds is 4. The molecule has 1 amide bonds. The zero-order chi connectivity index (χ0) is 11.3. The van der Waals surface area contributed by atoms with E-state index in [1.807, 2.05) is 24.3 Å². The summed E-state index contributed by atoms with van der Waals surface area (Å²) in [6, 6.07) is 7.53. The van der Waals surface area contributed by atoms with E-state index in [0.29, 0.717) is 23.7 Å². The fraction of sp³-hybridized carbons (Fsp3) is 0.364. The third-order valence-corrected chi connectivity index (χ3v) is 2.52. The maximum atomic E-state index is 11.5. The monoisotopic (exact) mass is 243 g/mol. The summed E-state index contributed by atoms with van der Waals surface area (Å²) in [5, 5.41) is 0.697. The van der Waals surface area contributed by atoms with E-state index in [1.165, 1.54) is 0 Å². The van der Waals surface area contributed by atoms with Crippen LogP contribution in [0.15, 0.2) is 24.3 Å². The minimum absolute atomic E-state index is 0.102. The van der Waals surface area contributed by atoms with E-state index in [4.69, 9.17) is 11.6 Å². The molecule has 0 saturated heterocycles. The lowest BCUT2D eigenvalue weighted by Gasteiger charge is -2.16. The first kappa shape index (κ1) is 12.4. The van der Waals surface area contributed by atoms with Crippen LogP contribution in [0.4, 0.5) is 0 Å². The number of benzene rings is 1. The predicted molar refractivity (Wildman–Crippen MR) is 66.4 cm³/mol. The van der Waals surface area contributed by atoms with Crippen LogP contribution in [0, 0.1) is 0 Å². The van der Waals surface area contributed by atoms with Gasteiger partial charge in [0.1, 0.15) is 0 Å². The van der Waals surface area contributed by atoms with Crippen molar-refractivity contribution in [3.8, 4) is 0 Å². The molecule has 2 nitrogen and oxygen atoms in total. The van der Waals surface area contributed by atoms with Crippen LogP contribution in [0.3, 0.4) is 0 Å². The van der Waals surface area contributed by atoms with Gasteiger partial charge in [0.05, 0.1) is 0 Å². The summed E-state index contributed by atoms with van der Waals surface area (Å²) in [5.41, 5.74) is 1.04. The van der Waals surface area contributed by atoms with Crippen LogP contribution in [-0.4, -0.2) is 23.6 Å². The highest BCUT2D eigenvalue weighted by atomic mass is 35.5. The fourth-order valence-corrected chi connectivity index (χ4v) is 1.69. The molecule has 0 unspecified atom stereocenters. The Morgan fingerprint density at radius 1 is 1.53 bits per heavy atom. The summed E-state index contributed by atoms with van der Waals surface area (Å²) in [7, 11) is 1.78. The maximum absolute atomic E-state index is 11.5. The number of carbonyl (C=O) groups is 1. The standard InChI is InChI=1S/C11H14ClNOS/c1-13(11(14)5-6-15)8-9-3-2-4-10(12)7-9/h2-4,7,15H,5-6,8H2,1H3. The van der Waals surface area contributed by atoms with E-state index < -0.39 is 0 Å². The summed E-state index contributed by atoms with van der Waals surface area (Å²) in [5.74, 6) is 0.684. The van der Waals surface area contributed by atoms with Gasteiger partial charge in [-0.25, -0.2) is 0 Å². The molecule has 0 aliphatic carbocycles. The van der Waals surface area contributed by atoms with Crippen molar-refractivity contribution >= 4 is 30.1 Å². The zero-order valence-electron chi connectivity index (χ0n) is 8.61. The molecule has 0 aliphatic heterocycles. The van der Waals surface area contributed by atoms with E-state index in [-0.39, 0.29) is 5.91 Å². The second-order valence-electron chi connectivity index (χ2n) is 3.35. The molecule has 0 bridgehead atoms. The van der Waals surface area contributed by atoms with Crippen LogP contribution in [-0.2, 0) is 11.3 Å². The molecule has 0 radical (unpaired) electrons. The van der Waals surface area contributed by atoms with E-state index in [1.54, 1.807) is 11.9 Å². The van der Waals surface area contributed by atoms with Gasteiger partial charge < -0.3 is 4.90 Å². The smallest absolute Gasteiger partial charge is 0.223 e. The largest absolute Gasteiger partial charge is 0.341 e. The molecule has 0 fully saturated rings. The average molecular weight is 244 g/mol. The number of amides is 1. The van der Waals surface area contributed by atoms with Crippen molar-refractivity contribution in [3.05, 3.63) is 34.9 Å². The third-order valence-electron chi connectivity index (χ3n) is 2.06. The Kier molecular flexibility index (Phi) is 4.99. The lowest BCUT2D eigenvalue weighted by Crippen LogP contribution is -2.26. The van der Waals surface area contributed by atoms with Crippen LogP contribution in [0.25, 0.3) is 0 Å². The Labute approximate surface area is 101 Å². The van der Waals surface area contributed by atoms with E-state index in [2.05, 4.69) is 12.6 Å². The van der Waals surface area contributed by atoms with Gasteiger partial charge in [-0.05, 0) is 23.4 Å². The van der Waals surface area contributed by atoms with Gasteiger partial charge in [-0.2, -0.15) is 12.6 Å². The van der Waals surface area contributed by atoms with Crippen molar-refractivity contribution in [1.29, 1.82) is 0 Å². The highest BCUT2D eigenvalue weighted by Gasteiger charge is 2.07. The Morgan fingerprint density at radius 3 is 2.87 bits per heavy atom. The van der Waals surface area contributed by atoms with Crippen molar-refractivity contribution < 1.29 is 4.79 Å². The number of thiol groups is 1. The molecular weight excluding hydrogens is 230 g/mol. The predicted octanol–water partition coefficient (Wildman–Crippen LogP) is 2.62. The lowest BCUT2D eigenvalue weighted by atomic mass is 10.2. The average Bonchev–Trinajstić information content (AvgIpc) is 2.18. The molecular formula is C11H14ClNOS. The number of nitrogens with zero attached hydrogens (tertiary/aromatic N) is 1. The Balaban J connectivity index is 2.58. The van der Waals surface area contributed by atoms with Gasteiger partial charge in [-0.3, -0.25) is 4.79 Å². The van der Waals surface area contributed by atoms with E-state index in [9.17, 15) is 4.79 Å². The highest BCUT2D eigenvalue weighted by molar-refractivity contribution is 7.80. The fourth-order valence-electron chi connectivity index (χ4n) is 1.28. The minimum atomic E-state index is 0.102. The molecule has 0 atom stereocenters. The Bertz CT molecular complexity index is 343. The van der Waals surface area contributed by atoms with Crippen molar-refractivity contribution in [2.75, 3.05) is 12.8 Å². The highest BCUT2D eigenvalue weighted by Crippen LogP contribution is 2.12. The number of hydrogen-bond donors (Lipinski definition) is 1. The van der Waals surface area contributed by atoms with Crippen LogP contribution < -0.4 is 0 Å². The molecule has 1 rings (SSSR count). The van der Waals surface area contributed by atoms with Crippen LogP contribution in [0.5, 0.6) is 0 Å². The first-order chi connectivity index (χ1) is 7.13. The first-order valence-electron chi connectivity index (χ1n) is 4.72. The van der Waals surface area contributed by atoms with Gasteiger partial charge in [-0.15, -0.1) is 0 Å². The van der Waals surface area contributed by atoms with Gasteiger partial charge in [0.15, 0.2) is 0 Å². The Morgan fingerprint density at radius 2 is 2.27 bits per heavy atom. The Hall–Kier alpha value is -0.670. The zero-order valence-corrected chi connectivity index (χ0v) is 10.3. The molecule has 0 saturated carbocycles. The number of hydrogen-bond acceptors (Lipinski definition) is 2. The van der Waals surface area contributed by atoms with Crippen molar-refractivity contribution in [2.24, 2.45) is 0 Å². The van der Waals surface area contributed by atoms with Gasteiger partial charge >= 0.3 is 0 Å². The summed E-state index contributed by atoms with van der Waals surface area (Å²) in [6.45, 7) is 0.590. The van der Waals surface area contributed by atoms with E-state index in [0.717, 1.165) is 5.56 Å². The second kappa shape index (κ2) is 6.03. The van der Waals surface area contributed by atoms with Crippen LogP contribution in [0.2, 0.25) is 5.02 Å². The second-order valence-corrected chi connectivity index (χ2v) is 4.24. The van der Waals surface area contributed by atoms with Crippen LogP contribution >= 0.6 is 24.2 Å². The van der Waals surface area contributed by atoms with Crippen molar-refractivity contribution in [1.82, 2.24) is 4.90 Å². The molecule has 4 heteroatoms. The molecule has 15 heavy (non-hydrogen) atoms. The summed E-state index contributed by atoms with van der Waals surface area (Å²) >= 11 is 9.88. The molecule has 1 aromatic carbocycles.